The van der Waals surface area contributed by atoms with Crippen LogP contribution in [-0.2, 0) is 11.0 Å². The van der Waals surface area contributed by atoms with Gasteiger partial charge < -0.3 is 15.5 Å². The highest BCUT2D eigenvalue weighted by atomic mass is 19.4. The van der Waals surface area contributed by atoms with Crippen molar-refractivity contribution in [2.45, 2.75) is 19.5 Å². The van der Waals surface area contributed by atoms with E-state index in [0.717, 1.165) is 6.07 Å². The van der Waals surface area contributed by atoms with Crippen LogP contribution in [0.1, 0.15) is 19.0 Å². The third-order valence-electron chi connectivity index (χ3n) is 2.50. The lowest BCUT2D eigenvalue weighted by Gasteiger charge is -2.13. The van der Waals surface area contributed by atoms with E-state index in [4.69, 9.17) is 0 Å². The van der Waals surface area contributed by atoms with Crippen molar-refractivity contribution in [1.82, 2.24) is 14.9 Å². The van der Waals surface area contributed by atoms with E-state index in [9.17, 15) is 18.0 Å². The van der Waals surface area contributed by atoms with Crippen molar-refractivity contribution in [2.24, 2.45) is 0 Å². The van der Waals surface area contributed by atoms with Gasteiger partial charge in [-0.3, -0.25) is 4.79 Å². The summed E-state index contributed by atoms with van der Waals surface area (Å²) in [5, 5.41) is 5.34. The lowest BCUT2D eigenvalue weighted by atomic mass is 10.3. The molecule has 1 aromatic rings. The Morgan fingerprint density at radius 3 is 2.48 bits per heavy atom. The van der Waals surface area contributed by atoms with Gasteiger partial charge in [0, 0.05) is 39.7 Å². The Bertz CT molecular complexity index is 490. The molecule has 0 aliphatic heterocycles. The molecular formula is C12H18F3N5O. The van der Waals surface area contributed by atoms with E-state index in [-0.39, 0.29) is 30.6 Å². The minimum atomic E-state index is -4.55. The average Bonchev–Trinajstić information content (AvgIpc) is 2.37. The first-order valence-corrected chi connectivity index (χ1v) is 6.38. The number of anilines is 2. The molecule has 0 saturated heterocycles. The van der Waals surface area contributed by atoms with E-state index in [1.54, 1.807) is 21.0 Å². The molecule has 0 radical (unpaired) electrons. The number of hydrogen-bond acceptors (Lipinski definition) is 5. The predicted octanol–water partition coefficient (Wildman–Crippen LogP) is 1.82. The Balaban J connectivity index is 2.81. The molecular weight excluding hydrogens is 287 g/mol. The fraction of sp³-hybridized carbons (Fsp3) is 0.583. The topological polar surface area (TPSA) is 70.2 Å². The number of aromatic nitrogens is 2. The SMILES string of the molecule is CCNc1nc(NCCC(=O)N(C)C)cc(C(F)(F)F)n1. The van der Waals surface area contributed by atoms with E-state index in [2.05, 4.69) is 20.6 Å². The number of nitrogens with one attached hydrogen (secondary N) is 2. The van der Waals surface area contributed by atoms with Crippen molar-refractivity contribution in [2.75, 3.05) is 37.8 Å². The maximum absolute atomic E-state index is 12.7. The summed E-state index contributed by atoms with van der Waals surface area (Å²) in [5.74, 6) is -0.201. The first kappa shape index (κ1) is 17.0. The largest absolute Gasteiger partial charge is 0.433 e. The van der Waals surface area contributed by atoms with Gasteiger partial charge in [0.05, 0.1) is 0 Å². The third-order valence-corrected chi connectivity index (χ3v) is 2.50. The monoisotopic (exact) mass is 305 g/mol. The Morgan fingerprint density at radius 1 is 1.29 bits per heavy atom. The molecule has 1 amide bonds. The smallest absolute Gasteiger partial charge is 0.369 e. The second kappa shape index (κ2) is 7.09. The summed E-state index contributed by atoms with van der Waals surface area (Å²) in [7, 11) is 3.22. The van der Waals surface area contributed by atoms with E-state index in [1.807, 2.05) is 0 Å². The van der Waals surface area contributed by atoms with Gasteiger partial charge in [0.15, 0.2) is 5.69 Å². The van der Waals surface area contributed by atoms with Gasteiger partial charge in [-0.1, -0.05) is 0 Å². The Morgan fingerprint density at radius 2 is 1.95 bits per heavy atom. The number of amides is 1. The van der Waals surface area contributed by atoms with Crippen molar-refractivity contribution in [3.8, 4) is 0 Å². The summed E-state index contributed by atoms with van der Waals surface area (Å²) < 4.78 is 38.2. The molecule has 6 nitrogen and oxygen atoms in total. The third kappa shape index (κ3) is 5.44. The van der Waals surface area contributed by atoms with E-state index < -0.39 is 11.9 Å². The van der Waals surface area contributed by atoms with Crippen LogP contribution >= 0.6 is 0 Å². The zero-order valence-corrected chi connectivity index (χ0v) is 12.1. The summed E-state index contributed by atoms with van der Waals surface area (Å²) in [5.41, 5.74) is -1.03. The molecule has 1 heterocycles. The van der Waals surface area contributed by atoms with Crippen molar-refractivity contribution in [1.29, 1.82) is 0 Å². The van der Waals surface area contributed by atoms with Crippen molar-refractivity contribution < 1.29 is 18.0 Å². The minimum Gasteiger partial charge on any atom is -0.369 e. The van der Waals surface area contributed by atoms with Gasteiger partial charge >= 0.3 is 6.18 Å². The summed E-state index contributed by atoms with van der Waals surface area (Å²) in [4.78, 5) is 20.1. The van der Waals surface area contributed by atoms with Crippen LogP contribution in [0.4, 0.5) is 24.9 Å². The highest BCUT2D eigenvalue weighted by Gasteiger charge is 2.33. The molecule has 0 bridgehead atoms. The molecule has 0 saturated carbocycles. The molecule has 2 N–H and O–H groups in total. The van der Waals surface area contributed by atoms with Crippen LogP contribution in [0.2, 0.25) is 0 Å². The molecule has 9 heteroatoms. The van der Waals surface area contributed by atoms with Gasteiger partial charge in [-0.05, 0) is 6.92 Å². The minimum absolute atomic E-state index is 0.0276. The van der Waals surface area contributed by atoms with Gasteiger partial charge in [-0.2, -0.15) is 18.2 Å². The van der Waals surface area contributed by atoms with Crippen molar-refractivity contribution in [3.63, 3.8) is 0 Å². The molecule has 0 aliphatic carbocycles. The van der Waals surface area contributed by atoms with E-state index >= 15 is 0 Å². The fourth-order valence-electron chi connectivity index (χ4n) is 1.44. The van der Waals surface area contributed by atoms with Crippen LogP contribution in [0, 0.1) is 0 Å². The normalized spacial score (nSPS) is 11.1. The Hall–Kier alpha value is -2.06. The first-order chi connectivity index (χ1) is 9.74. The van der Waals surface area contributed by atoms with Crippen molar-refractivity contribution in [3.05, 3.63) is 11.8 Å². The maximum Gasteiger partial charge on any atom is 0.433 e. The van der Waals surface area contributed by atoms with Crippen LogP contribution in [0.25, 0.3) is 0 Å². The van der Waals surface area contributed by atoms with Gasteiger partial charge in [0.25, 0.3) is 0 Å². The molecule has 1 rings (SSSR count). The maximum atomic E-state index is 12.7. The zero-order valence-electron chi connectivity index (χ0n) is 12.1. The molecule has 0 unspecified atom stereocenters. The highest BCUT2D eigenvalue weighted by Crippen LogP contribution is 2.29. The summed E-state index contributed by atoms with van der Waals surface area (Å²) in [6, 6.07) is 0.820. The van der Waals surface area contributed by atoms with Crippen LogP contribution in [0.5, 0.6) is 0 Å². The lowest BCUT2D eigenvalue weighted by Crippen LogP contribution is -2.24. The standard InChI is InChI=1S/C12H18F3N5O/c1-4-16-11-18-8(12(13,14)15)7-9(19-11)17-6-5-10(21)20(2)3/h7H,4-6H2,1-3H3,(H2,16,17,18,19). The molecule has 0 fully saturated rings. The Labute approximate surface area is 120 Å². The van der Waals surface area contributed by atoms with Gasteiger partial charge in [-0.25, -0.2) is 4.98 Å². The number of nitrogens with zero attached hydrogens (tertiary/aromatic N) is 3. The number of carbonyl (C=O) groups is 1. The number of carbonyl (C=O) groups excluding carboxylic acids is 1. The fourth-order valence-corrected chi connectivity index (χ4v) is 1.44. The molecule has 0 atom stereocenters. The predicted molar refractivity (Wildman–Crippen MR) is 73.0 cm³/mol. The number of hydrogen-bond donors (Lipinski definition) is 2. The van der Waals surface area contributed by atoms with Crippen LogP contribution < -0.4 is 10.6 Å². The average molecular weight is 305 g/mol. The quantitative estimate of drug-likeness (QED) is 0.839. The second-order valence-electron chi connectivity index (χ2n) is 4.46. The molecule has 0 aliphatic rings. The number of halogens is 3. The Kier molecular flexibility index (Phi) is 5.74. The van der Waals surface area contributed by atoms with Gasteiger partial charge in [0.1, 0.15) is 5.82 Å². The summed E-state index contributed by atoms with van der Waals surface area (Å²) in [6.45, 7) is 2.32. The molecule has 1 aromatic heterocycles. The summed E-state index contributed by atoms with van der Waals surface area (Å²) >= 11 is 0. The number of rotatable bonds is 6. The van der Waals surface area contributed by atoms with E-state index in [0.29, 0.717) is 6.54 Å². The summed E-state index contributed by atoms with van der Waals surface area (Å²) in [6.07, 6.45) is -4.39. The second-order valence-corrected chi connectivity index (χ2v) is 4.46. The zero-order chi connectivity index (χ0) is 16.0. The first-order valence-electron chi connectivity index (χ1n) is 6.38. The lowest BCUT2D eigenvalue weighted by molar-refractivity contribution is -0.141. The van der Waals surface area contributed by atoms with Crippen LogP contribution in [0.3, 0.4) is 0 Å². The highest BCUT2D eigenvalue weighted by molar-refractivity contribution is 5.76. The van der Waals surface area contributed by atoms with Gasteiger partial charge in [0.2, 0.25) is 11.9 Å². The molecule has 0 spiro atoms. The van der Waals surface area contributed by atoms with Gasteiger partial charge in [-0.15, -0.1) is 0 Å². The van der Waals surface area contributed by atoms with Crippen molar-refractivity contribution >= 4 is 17.7 Å². The molecule has 0 aromatic carbocycles. The number of alkyl halides is 3. The van der Waals surface area contributed by atoms with Crippen LogP contribution in [-0.4, -0.2) is 48.0 Å². The molecule has 21 heavy (non-hydrogen) atoms. The van der Waals surface area contributed by atoms with E-state index in [1.165, 1.54) is 4.90 Å². The molecule has 118 valence electrons. The van der Waals surface area contributed by atoms with Crippen LogP contribution in [0.15, 0.2) is 6.07 Å².